The summed E-state index contributed by atoms with van der Waals surface area (Å²) in [6.07, 6.45) is 1.37. The highest BCUT2D eigenvalue weighted by Gasteiger charge is 2.29. The molecule has 0 unspecified atom stereocenters. The van der Waals surface area contributed by atoms with Gasteiger partial charge < -0.3 is 10.0 Å². The van der Waals surface area contributed by atoms with Gasteiger partial charge in [0.25, 0.3) is 5.91 Å². The molecular weight excluding hydrogens is 312 g/mol. The smallest absolute Gasteiger partial charge is 0.325 e. The van der Waals surface area contributed by atoms with Crippen molar-refractivity contribution >= 4 is 21.9 Å². The summed E-state index contributed by atoms with van der Waals surface area (Å²) in [5, 5.41) is 12.6. The normalized spacial score (nSPS) is 16.7. The quantitative estimate of drug-likeness (QED) is 0.747. The van der Waals surface area contributed by atoms with Gasteiger partial charge >= 0.3 is 5.97 Å². The number of rotatable bonds is 5. The van der Waals surface area contributed by atoms with Crippen LogP contribution in [-0.2, 0) is 21.4 Å². The van der Waals surface area contributed by atoms with E-state index in [1.165, 1.54) is 21.5 Å². The molecule has 22 heavy (non-hydrogen) atoms. The van der Waals surface area contributed by atoms with Gasteiger partial charge in [0.1, 0.15) is 12.2 Å². The number of carbonyl (C=O) groups excluding carboxylic acids is 1. The molecular formula is C12H18N4O5S. The second kappa shape index (κ2) is 6.44. The molecule has 0 aromatic carbocycles. The molecule has 2 heterocycles. The van der Waals surface area contributed by atoms with Gasteiger partial charge in [-0.2, -0.15) is 9.40 Å². The Morgan fingerprint density at radius 3 is 2.45 bits per heavy atom. The predicted octanol–water partition coefficient (Wildman–Crippen LogP) is -0.925. The third-order valence-corrected chi connectivity index (χ3v) is 5.39. The Hall–Kier alpha value is -1.94. The van der Waals surface area contributed by atoms with E-state index in [2.05, 4.69) is 5.10 Å². The molecule has 1 fully saturated rings. The first-order valence-electron chi connectivity index (χ1n) is 6.86. The molecule has 0 aliphatic carbocycles. The van der Waals surface area contributed by atoms with Gasteiger partial charge in [-0.3, -0.25) is 9.59 Å². The number of hydrogen-bond acceptors (Lipinski definition) is 5. The molecule has 0 bridgehead atoms. The molecule has 10 heteroatoms. The van der Waals surface area contributed by atoms with Crippen molar-refractivity contribution in [1.82, 2.24) is 19.0 Å². The lowest BCUT2D eigenvalue weighted by molar-refractivity contribution is -0.137. The van der Waals surface area contributed by atoms with Crippen molar-refractivity contribution in [3.8, 4) is 0 Å². The van der Waals surface area contributed by atoms with Crippen LogP contribution < -0.4 is 0 Å². The molecule has 9 nitrogen and oxygen atoms in total. The van der Waals surface area contributed by atoms with Crippen molar-refractivity contribution in [2.75, 3.05) is 31.9 Å². The third kappa shape index (κ3) is 3.45. The van der Waals surface area contributed by atoms with Crippen molar-refractivity contribution in [2.24, 2.45) is 0 Å². The first kappa shape index (κ1) is 16.4. The minimum atomic E-state index is -3.25. The maximum atomic E-state index is 12.4. The summed E-state index contributed by atoms with van der Waals surface area (Å²) in [6, 6.07) is 1.46. The van der Waals surface area contributed by atoms with E-state index >= 15 is 0 Å². The third-order valence-electron chi connectivity index (χ3n) is 3.50. The van der Waals surface area contributed by atoms with Gasteiger partial charge in [-0.1, -0.05) is 0 Å². The maximum Gasteiger partial charge on any atom is 0.325 e. The highest BCUT2D eigenvalue weighted by Crippen LogP contribution is 2.11. The maximum absolute atomic E-state index is 12.4. The van der Waals surface area contributed by atoms with E-state index in [0.717, 1.165) is 4.68 Å². The highest BCUT2D eigenvalue weighted by atomic mass is 32.2. The zero-order valence-electron chi connectivity index (χ0n) is 12.2. The predicted molar refractivity (Wildman–Crippen MR) is 76.8 cm³/mol. The fourth-order valence-electron chi connectivity index (χ4n) is 2.28. The van der Waals surface area contributed by atoms with Crippen molar-refractivity contribution in [3.63, 3.8) is 0 Å². The summed E-state index contributed by atoms with van der Waals surface area (Å²) in [4.78, 5) is 24.6. The average molecular weight is 330 g/mol. The van der Waals surface area contributed by atoms with E-state index in [4.69, 9.17) is 5.11 Å². The molecule has 1 aliphatic heterocycles. The van der Waals surface area contributed by atoms with Gasteiger partial charge in [-0.05, 0) is 13.0 Å². The molecule has 0 spiro atoms. The number of hydrogen-bond donors (Lipinski definition) is 1. The van der Waals surface area contributed by atoms with Gasteiger partial charge in [0.15, 0.2) is 0 Å². The minimum Gasteiger partial charge on any atom is -0.480 e. The van der Waals surface area contributed by atoms with E-state index < -0.39 is 22.5 Å². The Morgan fingerprint density at radius 1 is 1.27 bits per heavy atom. The lowest BCUT2D eigenvalue weighted by Crippen LogP contribution is -2.51. The van der Waals surface area contributed by atoms with Crippen LogP contribution in [0.5, 0.6) is 0 Å². The van der Waals surface area contributed by atoms with Crippen molar-refractivity contribution in [3.05, 3.63) is 18.0 Å². The summed E-state index contributed by atoms with van der Waals surface area (Å²) < 4.78 is 26.0. The summed E-state index contributed by atoms with van der Waals surface area (Å²) in [7, 11) is -3.25. The molecule has 2 rings (SSSR count). The number of carboxylic acids is 1. The van der Waals surface area contributed by atoms with E-state index in [1.807, 2.05) is 0 Å². The standard InChI is InChI=1S/C12H18N4O5S/c1-2-22(20,21)15-7-5-14(6-8-15)12(19)10-3-4-13-16(10)9-11(17)18/h3-4H,2,5-9H2,1H3,(H,17,18). The molecule has 122 valence electrons. The molecule has 1 amide bonds. The minimum absolute atomic E-state index is 0.0341. The number of nitrogens with zero attached hydrogens (tertiary/aromatic N) is 4. The van der Waals surface area contributed by atoms with Gasteiger partial charge in [0.05, 0.1) is 5.75 Å². The van der Waals surface area contributed by atoms with Crippen LogP contribution in [0.3, 0.4) is 0 Å². The number of carbonyl (C=O) groups is 2. The van der Waals surface area contributed by atoms with Crippen molar-refractivity contribution in [2.45, 2.75) is 13.5 Å². The molecule has 1 aromatic rings. The van der Waals surface area contributed by atoms with E-state index in [0.29, 0.717) is 0 Å². The Kier molecular flexibility index (Phi) is 4.81. The van der Waals surface area contributed by atoms with E-state index in [1.54, 1.807) is 6.92 Å². The number of amides is 1. The lowest BCUT2D eigenvalue weighted by atomic mass is 10.3. The fourth-order valence-corrected chi connectivity index (χ4v) is 3.37. The largest absolute Gasteiger partial charge is 0.480 e. The van der Waals surface area contributed by atoms with Crippen LogP contribution in [0.1, 0.15) is 17.4 Å². The monoisotopic (exact) mass is 330 g/mol. The van der Waals surface area contributed by atoms with Crippen molar-refractivity contribution in [1.29, 1.82) is 0 Å². The average Bonchev–Trinajstić information content (AvgIpc) is 2.94. The SMILES string of the molecule is CCS(=O)(=O)N1CCN(C(=O)c2ccnn2CC(=O)O)CC1. The molecule has 0 saturated carbocycles. The lowest BCUT2D eigenvalue weighted by Gasteiger charge is -2.33. The summed E-state index contributed by atoms with van der Waals surface area (Å²) in [5.74, 6) is -1.39. The van der Waals surface area contributed by atoms with E-state index in [9.17, 15) is 18.0 Å². The zero-order chi connectivity index (χ0) is 16.3. The van der Waals surface area contributed by atoms with Crippen LogP contribution in [0.2, 0.25) is 0 Å². The van der Waals surface area contributed by atoms with Gasteiger partial charge in [0, 0.05) is 32.4 Å². The second-order valence-electron chi connectivity index (χ2n) is 4.86. The van der Waals surface area contributed by atoms with Crippen LogP contribution in [0.4, 0.5) is 0 Å². The van der Waals surface area contributed by atoms with E-state index in [-0.39, 0.29) is 43.5 Å². The molecule has 1 aromatic heterocycles. The van der Waals surface area contributed by atoms with Gasteiger partial charge in [-0.15, -0.1) is 0 Å². The number of aromatic nitrogens is 2. The first-order chi connectivity index (χ1) is 10.3. The topological polar surface area (TPSA) is 113 Å². The van der Waals surface area contributed by atoms with Crippen LogP contribution >= 0.6 is 0 Å². The summed E-state index contributed by atoms with van der Waals surface area (Å²) >= 11 is 0. The van der Waals surface area contributed by atoms with Crippen LogP contribution in [-0.4, -0.2) is 76.3 Å². The number of aliphatic carboxylic acids is 1. The zero-order valence-corrected chi connectivity index (χ0v) is 13.0. The molecule has 0 radical (unpaired) electrons. The number of sulfonamides is 1. The van der Waals surface area contributed by atoms with Gasteiger partial charge in [-0.25, -0.2) is 13.1 Å². The summed E-state index contributed by atoms with van der Waals surface area (Å²) in [5.41, 5.74) is 0.189. The van der Waals surface area contributed by atoms with Crippen molar-refractivity contribution < 1.29 is 23.1 Å². The molecule has 1 N–H and O–H groups in total. The molecule has 0 atom stereocenters. The Morgan fingerprint density at radius 2 is 1.91 bits per heavy atom. The Labute approximate surface area is 128 Å². The number of carboxylic acid groups (broad SMARTS) is 1. The molecule has 1 aliphatic rings. The fraction of sp³-hybridized carbons (Fsp3) is 0.583. The Balaban J connectivity index is 2.04. The van der Waals surface area contributed by atoms with Crippen LogP contribution in [0.25, 0.3) is 0 Å². The summed E-state index contributed by atoms with van der Waals surface area (Å²) in [6.45, 7) is 2.23. The van der Waals surface area contributed by atoms with Crippen LogP contribution in [0.15, 0.2) is 12.3 Å². The van der Waals surface area contributed by atoms with Crippen LogP contribution in [0, 0.1) is 0 Å². The molecule has 1 saturated heterocycles. The Bertz CT molecular complexity index is 661. The second-order valence-corrected chi connectivity index (χ2v) is 7.12. The number of piperazine rings is 1. The highest BCUT2D eigenvalue weighted by molar-refractivity contribution is 7.89. The first-order valence-corrected chi connectivity index (χ1v) is 8.46. The van der Waals surface area contributed by atoms with Gasteiger partial charge in [0.2, 0.25) is 10.0 Å².